The Morgan fingerprint density at radius 2 is 1.81 bits per heavy atom. The van der Waals surface area contributed by atoms with Gasteiger partial charge in [0, 0.05) is 12.1 Å². The topological polar surface area (TPSA) is 22.1 Å². The Balaban J connectivity index is 2.30. The van der Waals surface area contributed by atoms with Crippen LogP contribution in [0.3, 0.4) is 0 Å². The molecule has 0 aliphatic carbocycles. The van der Waals surface area contributed by atoms with Crippen molar-refractivity contribution in [1.82, 2.24) is 4.98 Å². The number of halogens is 3. The third-order valence-electron chi connectivity index (χ3n) is 1.80. The number of benzene rings is 1. The Kier molecular flexibility index (Phi) is 2.76. The molecule has 0 radical (unpaired) electrons. The summed E-state index contributed by atoms with van der Waals surface area (Å²) in [6.45, 7) is 0. The second-order valence-corrected chi connectivity index (χ2v) is 2.98. The van der Waals surface area contributed by atoms with E-state index in [1.165, 1.54) is 12.1 Å². The van der Waals surface area contributed by atoms with E-state index in [0.717, 1.165) is 24.3 Å². The van der Waals surface area contributed by atoms with Crippen LogP contribution in [0.5, 0.6) is 11.6 Å². The van der Waals surface area contributed by atoms with Crippen LogP contribution in [0, 0.1) is 17.6 Å². The van der Waals surface area contributed by atoms with Gasteiger partial charge in [0.05, 0.1) is 0 Å². The zero-order valence-corrected chi connectivity index (χ0v) is 7.95. The molecule has 1 heterocycles. The van der Waals surface area contributed by atoms with Gasteiger partial charge in [0.1, 0.15) is 5.82 Å². The molecule has 0 bridgehead atoms. The van der Waals surface area contributed by atoms with Crippen LogP contribution in [-0.4, -0.2) is 4.98 Å². The molecule has 0 saturated carbocycles. The van der Waals surface area contributed by atoms with Gasteiger partial charge in [0.2, 0.25) is 11.8 Å². The van der Waals surface area contributed by atoms with Crippen LogP contribution in [0.2, 0.25) is 0 Å². The molecule has 0 spiro atoms. The van der Waals surface area contributed by atoms with Crippen LogP contribution in [0.15, 0.2) is 36.4 Å². The summed E-state index contributed by atoms with van der Waals surface area (Å²) in [5.74, 6) is -2.61. The smallest absolute Gasteiger partial charge is 0.222 e. The van der Waals surface area contributed by atoms with E-state index in [1.807, 2.05) is 0 Å². The van der Waals surface area contributed by atoms with Crippen molar-refractivity contribution in [3.05, 3.63) is 54.0 Å². The van der Waals surface area contributed by atoms with Crippen molar-refractivity contribution < 1.29 is 17.9 Å². The van der Waals surface area contributed by atoms with E-state index < -0.39 is 17.6 Å². The number of aromatic nitrogens is 1. The molecule has 82 valence electrons. The average molecular weight is 225 g/mol. The fourth-order valence-electron chi connectivity index (χ4n) is 1.11. The summed E-state index contributed by atoms with van der Waals surface area (Å²) < 4.78 is 43.5. The van der Waals surface area contributed by atoms with Gasteiger partial charge in [0.25, 0.3) is 0 Å². The standard InChI is InChI=1S/C11H6F3NO/c12-7-4-5-8(13)9(6-7)16-11-3-1-2-10(14)15-11/h1-6H. The largest absolute Gasteiger partial charge is 0.436 e. The van der Waals surface area contributed by atoms with Crippen molar-refractivity contribution in [1.29, 1.82) is 0 Å². The van der Waals surface area contributed by atoms with Gasteiger partial charge in [-0.3, -0.25) is 0 Å². The molecule has 0 saturated heterocycles. The Labute approximate surface area is 89.3 Å². The molecule has 0 fully saturated rings. The van der Waals surface area contributed by atoms with E-state index >= 15 is 0 Å². The van der Waals surface area contributed by atoms with Crippen molar-refractivity contribution in [2.45, 2.75) is 0 Å². The molecule has 2 nitrogen and oxygen atoms in total. The Bertz CT molecular complexity index is 516. The van der Waals surface area contributed by atoms with Crippen LogP contribution in [0.1, 0.15) is 0 Å². The number of hydrogen-bond donors (Lipinski definition) is 0. The van der Waals surface area contributed by atoms with Crippen LogP contribution in [-0.2, 0) is 0 Å². The highest BCUT2D eigenvalue weighted by atomic mass is 19.1. The monoisotopic (exact) mass is 225 g/mol. The highest BCUT2D eigenvalue weighted by molar-refractivity contribution is 5.29. The summed E-state index contributed by atoms with van der Waals surface area (Å²) in [5.41, 5.74) is 0. The van der Waals surface area contributed by atoms with Crippen LogP contribution >= 0.6 is 0 Å². The second-order valence-electron chi connectivity index (χ2n) is 2.98. The quantitative estimate of drug-likeness (QED) is 0.731. The fraction of sp³-hybridized carbons (Fsp3) is 0. The van der Waals surface area contributed by atoms with E-state index in [4.69, 9.17) is 4.74 Å². The molecule has 0 N–H and O–H groups in total. The van der Waals surface area contributed by atoms with Crippen molar-refractivity contribution in [2.24, 2.45) is 0 Å². The van der Waals surface area contributed by atoms with Gasteiger partial charge in [-0.1, -0.05) is 6.07 Å². The summed E-state index contributed by atoms with van der Waals surface area (Å²) in [6.07, 6.45) is 0. The Morgan fingerprint density at radius 3 is 2.56 bits per heavy atom. The molecule has 1 aromatic carbocycles. The predicted octanol–water partition coefficient (Wildman–Crippen LogP) is 3.29. The predicted molar refractivity (Wildman–Crippen MR) is 50.6 cm³/mol. The SMILES string of the molecule is Fc1ccc(F)c(Oc2cccc(F)n2)c1. The van der Waals surface area contributed by atoms with E-state index in [0.29, 0.717) is 0 Å². The Morgan fingerprint density at radius 1 is 1.00 bits per heavy atom. The minimum atomic E-state index is -0.755. The number of pyridine rings is 1. The molecule has 0 aliphatic heterocycles. The molecule has 0 unspecified atom stereocenters. The highest BCUT2D eigenvalue weighted by Crippen LogP contribution is 2.23. The normalized spacial score (nSPS) is 10.2. The van der Waals surface area contributed by atoms with Gasteiger partial charge >= 0.3 is 0 Å². The van der Waals surface area contributed by atoms with Crippen LogP contribution < -0.4 is 4.74 Å². The zero-order chi connectivity index (χ0) is 11.5. The maximum absolute atomic E-state index is 13.1. The average Bonchev–Trinajstić information content (AvgIpc) is 2.24. The first-order valence-corrected chi connectivity index (χ1v) is 4.40. The van der Waals surface area contributed by atoms with E-state index in [9.17, 15) is 13.2 Å². The molecule has 0 atom stereocenters. The molecule has 5 heteroatoms. The number of hydrogen-bond acceptors (Lipinski definition) is 2. The van der Waals surface area contributed by atoms with Gasteiger partial charge in [-0.15, -0.1) is 0 Å². The third kappa shape index (κ3) is 2.31. The lowest BCUT2D eigenvalue weighted by Gasteiger charge is -2.05. The van der Waals surface area contributed by atoms with E-state index in [-0.39, 0.29) is 11.6 Å². The number of nitrogens with zero attached hydrogens (tertiary/aromatic N) is 1. The summed E-state index contributed by atoms with van der Waals surface area (Å²) >= 11 is 0. The van der Waals surface area contributed by atoms with Gasteiger partial charge in [0.15, 0.2) is 11.6 Å². The molecule has 2 rings (SSSR count). The Hall–Kier alpha value is -2.04. The van der Waals surface area contributed by atoms with Gasteiger partial charge in [-0.2, -0.15) is 9.37 Å². The molecule has 16 heavy (non-hydrogen) atoms. The molecular weight excluding hydrogens is 219 g/mol. The first kappa shape index (κ1) is 10.5. The number of rotatable bonds is 2. The van der Waals surface area contributed by atoms with E-state index in [1.54, 1.807) is 0 Å². The zero-order valence-electron chi connectivity index (χ0n) is 7.95. The molecule has 1 aromatic heterocycles. The summed E-state index contributed by atoms with van der Waals surface area (Å²) in [7, 11) is 0. The second kappa shape index (κ2) is 4.22. The first-order chi connectivity index (χ1) is 7.65. The van der Waals surface area contributed by atoms with Crippen molar-refractivity contribution >= 4 is 0 Å². The molecular formula is C11H6F3NO. The first-order valence-electron chi connectivity index (χ1n) is 4.40. The summed E-state index contributed by atoms with van der Waals surface area (Å²) in [4.78, 5) is 3.36. The van der Waals surface area contributed by atoms with Crippen molar-refractivity contribution in [3.63, 3.8) is 0 Å². The molecule has 0 aliphatic rings. The minimum Gasteiger partial charge on any atom is -0.436 e. The van der Waals surface area contributed by atoms with Gasteiger partial charge in [-0.25, -0.2) is 8.78 Å². The van der Waals surface area contributed by atoms with E-state index in [2.05, 4.69) is 4.98 Å². The highest BCUT2D eigenvalue weighted by Gasteiger charge is 2.07. The van der Waals surface area contributed by atoms with Crippen LogP contribution in [0.25, 0.3) is 0 Å². The van der Waals surface area contributed by atoms with Crippen molar-refractivity contribution in [3.8, 4) is 11.6 Å². The molecule has 2 aromatic rings. The molecule has 0 amide bonds. The van der Waals surface area contributed by atoms with Gasteiger partial charge < -0.3 is 4.74 Å². The third-order valence-corrected chi connectivity index (χ3v) is 1.80. The summed E-state index contributed by atoms with van der Waals surface area (Å²) in [6, 6.07) is 6.56. The maximum atomic E-state index is 13.1. The van der Waals surface area contributed by atoms with Gasteiger partial charge in [-0.05, 0) is 18.2 Å². The van der Waals surface area contributed by atoms with Crippen molar-refractivity contribution in [2.75, 3.05) is 0 Å². The fourth-order valence-corrected chi connectivity index (χ4v) is 1.11. The van der Waals surface area contributed by atoms with Crippen LogP contribution in [0.4, 0.5) is 13.2 Å². The summed E-state index contributed by atoms with van der Waals surface area (Å²) in [5, 5.41) is 0. The lowest BCUT2D eigenvalue weighted by molar-refractivity contribution is 0.412. The lowest BCUT2D eigenvalue weighted by atomic mass is 10.3. The number of ether oxygens (including phenoxy) is 1. The maximum Gasteiger partial charge on any atom is 0.222 e. The lowest BCUT2D eigenvalue weighted by Crippen LogP contribution is -1.93. The minimum absolute atomic E-state index is 0.135.